The molecule has 0 aliphatic rings. The van der Waals surface area contributed by atoms with Crippen molar-refractivity contribution < 1.29 is 4.79 Å². The fourth-order valence-electron chi connectivity index (χ4n) is 1.01. The number of nitrogens with one attached hydrogen (secondary N) is 1. The molecule has 0 unspecified atom stereocenters. The van der Waals surface area contributed by atoms with E-state index in [1.807, 2.05) is 19.2 Å². The van der Waals surface area contributed by atoms with Gasteiger partial charge in [0.2, 0.25) is 0 Å². The van der Waals surface area contributed by atoms with Crippen LogP contribution in [0.4, 0.5) is 0 Å². The van der Waals surface area contributed by atoms with E-state index < -0.39 is 5.24 Å². The molecule has 0 fully saturated rings. The quantitative estimate of drug-likeness (QED) is 0.724. The lowest BCUT2D eigenvalue weighted by Crippen LogP contribution is -2.05. The van der Waals surface area contributed by atoms with Crippen molar-refractivity contribution in [3.63, 3.8) is 0 Å². The molecule has 0 saturated heterocycles. The maximum absolute atomic E-state index is 10.7. The zero-order valence-electron chi connectivity index (χ0n) is 6.80. The summed E-state index contributed by atoms with van der Waals surface area (Å²) in [6.07, 6.45) is 0. The molecule has 0 aromatic heterocycles. The molecular weight excluding hydrogens is 174 g/mol. The predicted octanol–water partition coefficient (Wildman–Crippen LogP) is 1.79. The Kier molecular flexibility index (Phi) is 3.26. The zero-order valence-corrected chi connectivity index (χ0v) is 7.56. The van der Waals surface area contributed by atoms with Crippen LogP contribution in [0.15, 0.2) is 24.3 Å². The zero-order chi connectivity index (χ0) is 8.97. The Morgan fingerprint density at radius 2 is 2.33 bits per heavy atom. The Balaban J connectivity index is 2.88. The van der Waals surface area contributed by atoms with Crippen LogP contribution in [0.5, 0.6) is 0 Å². The molecule has 1 N–H and O–H groups in total. The first-order valence-corrected chi connectivity index (χ1v) is 4.05. The van der Waals surface area contributed by atoms with Gasteiger partial charge in [0, 0.05) is 12.1 Å². The number of benzene rings is 1. The number of hydrogen-bond donors (Lipinski definition) is 1. The summed E-state index contributed by atoms with van der Waals surface area (Å²) in [5.74, 6) is 0. The largest absolute Gasteiger partial charge is 0.316 e. The van der Waals surface area contributed by atoms with E-state index >= 15 is 0 Å². The molecule has 1 aromatic carbocycles. The molecule has 3 heteroatoms. The van der Waals surface area contributed by atoms with Crippen molar-refractivity contribution in [2.45, 2.75) is 6.54 Å². The highest BCUT2D eigenvalue weighted by Gasteiger charge is 2.00. The molecule has 0 amide bonds. The summed E-state index contributed by atoms with van der Waals surface area (Å²) in [4.78, 5) is 10.7. The van der Waals surface area contributed by atoms with Gasteiger partial charge in [-0.1, -0.05) is 18.2 Å². The van der Waals surface area contributed by atoms with E-state index in [2.05, 4.69) is 5.32 Å². The van der Waals surface area contributed by atoms with Crippen LogP contribution in [-0.2, 0) is 6.54 Å². The smallest absolute Gasteiger partial charge is 0.252 e. The second kappa shape index (κ2) is 4.24. The average molecular weight is 184 g/mol. The van der Waals surface area contributed by atoms with Crippen molar-refractivity contribution in [2.75, 3.05) is 7.05 Å². The van der Waals surface area contributed by atoms with Crippen LogP contribution in [0.3, 0.4) is 0 Å². The monoisotopic (exact) mass is 183 g/mol. The molecule has 0 aliphatic heterocycles. The molecule has 64 valence electrons. The third-order valence-electron chi connectivity index (χ3n) is 1.53. The fourth-order valence-corrected chi connectivity index (χ4v) is 1.13. The van der Waals surface area contributed by atoms with Crippen LogP contribution in [0, 0.1) is 0 Å². The molecule has 0 spiro atoms. The minimum Gasteiger partial charge on any atom is -0.316 e. The van der Waals surface area contributed by atoms with Gasteiger partial charge in [-0.2, -0.15) is 0 Å². The molecular formula is C9H10ClNO. The minimum atomic E-state index is -0.409. The molecule has 1 rings (SSSR count). The van der Waals surface area contributed by atoms with Crippen LogP contribution >= 0.6 is 11.6 Å². The normalized spacial score (nSPS) is 9.83. The Morgan fingerprint density at radius 1 is 1.58 bits per heavy atom. The summed E-state index contributed by atoms with van der Waals surface area (Å²) in [7, 11) is 1.86. The van der Waals surface area contributed by atoms with Gasteiger partial charge in [0.25, 0.3) is 5.24 Å². The van der Waals surface area contributed by atoms with Gasteiger partial charge in [-0.3, -0.25) is 4.79 Å². The molecule has 0 heterocycles. The van der Waals surface area contributed by atoms with E-state index in [0.29, 0.717) is 5.56 Å². The SMILES string of the molecule is CNCc1cccc(C(=O)Cl)c1. The van der Waals surface area contributed by atoms with Gasteiger partial charge in [-0.25, -0.2) is 0 Å². The summed E-state index contributed by atoms with van der Waals surface area (Å²) >= 11 is 5.32. The van der Waals surface area contributed by atoms with Gasteiger partial charge < -0.3 is 5.32 Å². The van der Waals surface area contributed by atoms with Crippen LogP contribution in [0.1, 0.15) is 15.9 Å². The first-order chi connectivity index (χ1) is 5.74. The first kappa shape index (κ1) is 9.23. The molecule has 0 radical (unpaired) electrons. The lowest BCUT2D eigenvalue weighted by molar-refractivity contribution is 0.108. The molecule has 12 heavy (non-hydrogen) atoms. The second-order valence-electron chi connectivity index (χ2n) is 2.50. The Labute approximate surface area is 76.5 Å². The lowest BCUT2D eigenvalue weighted by atomic mass is 10.1. The van der Waals surface area contributed by atoms with Crippen molar-refractivity contribution in [1.29, 1.82) is 0 Å². The molecule has 0 aliphatic carbocycles. The van der Waals surface area contributed by atoms with Crippen LogP contribution in [0.2, 0.25) is 0 Å². The maximum Gasteiger partial charge on any atom is 0.252 e. The van der Waals surface area contributed by atoms with E-state index in [9.17, 15) is 4.79 Å². The van der Waals surface area contributed by atoms with E-state index in [1.54, 1.807) is 12.1 Å². The van der Waals surface area contributed by atoms with E-state index in [0.717, 1.165) is 12.1 Å². The van der Waals surface area contributed by atoms with E-state index in [-0.39, 0.29) is 0 Å². The topological polar surface area (TPSA) is 29.1 Å². The summed E-state index contributed by atoms with van der Waals surface area (Å²) in [6, 6.07) is 7.25. The van der Waals surface area contributed by atoms with Crippen molar-refractivity contribution in [2.24, 2.45) is 0 Å². The van der Waals surface area contributed by atoms with Crippen molar-refractivity contribution in [3.05, 3.63) is 35.4 Å². The summed E-state index contributed by atoms with van der Waals surface area (Å²) in [6.45, 7) is 0.748. The van der Waals surface area contributed by atoms with Gasteiger partial charge >= 0.3 is 0 Å². The van der Waals surface area contributed by atoms with Crippen LogP contribution in [0.25, 0.3) is 0 Å². The highest BCUT2D eigenvalue weighted by atomic mass is 35.5. The summed E-state index contributed by atoms with van der Waals surface area (Å²) in [5.41, 5.74) is 1.61. The Morgan fingerprint density at radius 3 is 2.92 bits per heavy atom. The van der Waals surface area contributed by atoms with Crippen molar-refractivity contribution >= 4 is 16.8 Å². The molecule has 2 nitrogen and oxygen atoms in total. The highest BCUT2D eigenvalue weighted by molar-refractivity contribution is 6.67. The average Bonchev–Trinajstić information content (AvgIpc) is 2.05. The number of halogens is 1. The summed E-state index contributed by atoms with van der Waals surface area (Å²) < 4.78 is 0. The molecule has 0 atom stereocenters. The Bertz CT molecular complexity index is 286. The Hall–Kier alpha value is -0.860. The highest BCUT2D eigenvalue weighted by Crippen LogP contribution is 2.07. The second-order valence-corrected chi connectivity index (χ2v) is 2.85. The van der Waals surface area contributed by atoms with Crippen LogP contribution in [-0.4, -0.2) is 12.3 Å². The minimum absolute atomic E-state index is 0.409. The van der Waals surface area contributed by atoms with Gasteiger partial charge in [-0.05, 0) is 30.3 Å². The van der Waals surface area contributed by atoms with Crippen molar-refractivity contribution in [1.82, 2.24) is 5.32 Å². The standard InChI is InChI=1S/C9H10ClNO/c1-11-6-7-3-2-4-8(5-7)9(10)12/h2-5,11H,6H2,1H3. The number of carbonyl (C=O) groups is 1. The number of carbonyl (C=O) groups excluding carboxylic acids is 1. The van der Waals surface area contributed by atoms with Gasteiger partial charge in [0.1, 0.15) is 0 Å². The third-order valence-corrected chi connectivity index (χ3v) is 1.75. The first-order valence-electron chi connectivity index (χ1n) is 3.67. The van der Waals surface area contributed by atoms with E-state index in [1.165, 1.54) is 0 Å². The molecule has 1 aromatic rings. The summed E-state index contributed by atoms with van der Waals surface area (Å²) in [5, 5.41) is 2.59. The lowest BCUT2D eigenvalue weighted by Gasteiger charge is -2.00. The third kappa shape index (κ3) is 2.32. The van der Waals surface area contributed by atoms with Crippen LogP contribution < -0.4 is 5.32 Å². The molecule has 0 saturated carbocycles. The van der Waals surface area contributed by atoms with E-state index in [4.69, 9.17) is 11.6 Å². The fraction of sp³-hybridized carbons (Fsp3) is 0.222. The number of hydrogen-bond acceptors (Lipinski definition) is 2. The van der Waals surface area contributed by atoms with Crippen molar-refractivity contribution in [3.8, 4) is 0 Å². The maximum atomic E-state index is 10.7. The van der Waals surface area contributed by atoms with Gasteiger partial charge in [-0.15, -0.1) is 0 Å². The van der Waals surface area contributed by atoms with Gasteiger partial charge in [0.05, 0.1) is 0 Å². The number of rotatable bonds is 3. The predicted molar refractivity (Wildman–Crippen MR) is 49.4 cm³/mol. The molecule has 0 bridgehead atoms. The van der Waals surface area contributed by atoms with Gasteiger partial charge in [0.15, 0.2) is 0 Å².